The van der Waals surface area contributed by atoms with Crippen LogP contribution in [-0.2, 0) is 21.5 Å². The van der Waals surface area contributed by atoms with Gasteiger partial charge in [0.05, 0.1) is 23.3 Å². The van der Waals surface area contributed by atoms with Crippen LogP contribution < -0.4 is 4.74 Å². The second-order valence-corrected chi connectivity index (χ2v) is 6.34. The number of alkyl halides is 6. The van der Waals surface area contributed by atoms with Gasteiger partial charge in [-0.05, 0) is 36.8 Å². The molecule has 0 unspecified atom stereocenters. The first-order chi connectivity index (χ1) is 14.5. The van der Waals surface area contributed by atoms with E-state index in [0.717, 1.165) is 13.2 Å². The zero-order valence-electron chi connectivity index (χ0n) is 16.7. The standard InChI is InChI=1S/C20H20F6N2O3/c1-4-6-15-16(31-14-8-7-13(5-2)27-11-14)9-10-17(28-15)18(19(21,22)23,20(24,25)26)30-12-29-3/h5,7-11H,2,4,6,12H2,1,3H3. The lowest BCUT2D eigenvalue weighted by Gasteiger charge is -2.36. The van der Waals surface area contributed by atoms with E-state index in [1.165, 1.54) is 18.3 Å². The summed E-state index contributed by atoms with van der Waals surface area (Å²) in [6.07, 6.45) is -8.41. The van der Waals surface area contributed by atoms with Crippen molar-refractivity contribution in [3.05, 3.63) is 54.1 Å². The Kier molecular flexibility index (Phi) is 7.66. The first kappa shape index (κ1) is 24.6. The van der Waals surface area contributed by atoms with Crippen molar-refractivity contribution in [3.63, 3.8) is 0 Å². The average Bonchev–Trinajstić information content (AvgIpc) is 2.69. The van der Waals surface area contributed by atoms with Gasteiger partial charge in [-0.15, -0.1) is 0 Å². The molecule has 0 bridgehead atoms. The molecule has 0 aromatic carbocycles. The number of aryl methyl sites for hydroxylation is 1. The average molecular weight is 450 g/mol. The number of ether oxygens (including phenoxy) is 3. The molecule has 31 heavy (non-hydrogen) atoms. The van der Waals surface area contributed by atoms with E-state index in [4.69, 9.17) is 4.74 Å². The zero-order valence-corrected chi connectivity index (χ0v) is 16.7. The Morgan fingerprint density at radius 2 is 1.71 bits per heavy atom. The van der Waals surface area contributed by atoms with Crippen LogP contribution in [0.5, 0.6) is 11.5 Å². The fourth-order valence-corrected chi connectivity index (χ4v) is 2.73. The van der Waals surface area contributed by atoms with Gasteiger partial charge >= 0.3 is 18.0 Å². The highest BCUT2D eigenvalue weighted by Gasteiger charge is 2.74. The van der Waals surface area contributed by atoms with E-state index in [1.807, 2.05) is 0 Å². The van der Waals surface area contributed by atoms with Gasteiger partial charge < -0.3 is 14.2 Å². The highest BCUT2D eigenvalue weighted by atomic mass is 19.4. The highest BCUT2D eigenvalue weighted by molar-refractivity contribution is 5.43. The molecule has 170 valence electrons. The van der Waals surface area contributed by atoms with Crippen molar-refractivity contribution < 1.29 is 40.6 Å². The van der Waals surface area contributed by atoms with Crippen LogP contribution in [0.1, 0.15) is 30.4 Å². The molecule has 0 aliphatic carbocycles. The molecule has 2 rings (SSSR count). The summed E-state index contributed by atoms with van der Waals surface area (Å²) < 4.78 is 96.5. The van der Waals surface area contributed by atoms with Gasteiger partial charge in [0.1, 0.15) is 18.3 Å². The summed E-state index contributed by atoms with van der Waals surface area (Å²) in [6.45, 7) is 4.01. The summed E-state index contributed by atoms with van der Waals surface area (Å²) >= 11 is 0. The number of halogens is 6. The summed E-state index contributed by atoms with van der Waals surface area (Å²) in [5.41, 5.74) is -5.55. The number of hydrogen-bond acceptors (Lipinski definition) is 5. The molecule has 0 amide bonds. The fraction of sp³-hybridized carbons (Fsp3) is 0.400. The summed E-state index contributed by atoms with van der Waals surface area (Å²) in [4.78, 5) is 7.70. The van der Waals surface area contributed by atoms with E-state index in [-0.39, 0.29) is 23.6 Å². The van der Waals surface area contributed by atoms with Crippen LogP contribution in [0.4, 0.5) is 26.3 Å². The second-order valence-electron chi connectivity index (χ2n) is 6.34. The normalized spacial score (nSPS) is 12.6. The van der Waals surface area contributed by atoms with Crippen LogP contribution in [0.3, 0.4) is 0 Å². The smallest absolute Gasteiger partial charge is 0.432 e. The SMILES string of the molecule is C=Cc1ccc(Oc2ccc(C(OCOC)(C(F)(F)F)C(F)(F)F)nc2CCC)cn1. The van der Waals surface area contributed by atoms with Crippen molar-refractivity contribution in [1.82, 2.24) is 9.97 Å². The van der Waals surface area contributed by atoms with Crippen LogP contribution in [0.15, 0.2) is 37.0 Å². The van der Waals surface area contributed by atoms with Gasteiger partial charge in [-0.1, -0.05) is 19.9 Å². The van der Waals surface area contributed by atoms with Gasteiger partial charge in [0, 0.05) is 7.11 Å². The molecule has 0 aliphatic heterocycles. The van der Waals surface area contributed by atoms with E-state index >= 15 is 0 Å². The molecular weight excluding hydrogens is 430 g/mol. The maximum atomic E-state index is 13.7. The third-order valence-electron chi connectivity index (χ3n) is 4.17. The Hall–Kier alpha value is -2.66. The molecule has 2 heterocycles. The first-order valence-electron chi connectivity index (χ1n) is 9.03. The summed E-state index contributed by atoms with van der Waals surface area (Å²) in [7, 11) is 0.913. The lowest BCUT2D eigenvalue weighted by Crippen LogP contribution is -2.56. The Morgan fingerprint density at radius 1 is 1.03 bits per heavy atom. The monoisotopic (exact) mass is 450 g/mol. The molecule has 5 nitrogen and oxygen atoms in total. The molecule has 11 heteroatoms. The van der Waals surface area contributed by atoms with E-state index in [1.54, 1.807) is 13.0 Å². The molecule has 0 spiro atoms. The van der Waals surface area contributed by atoms with Crippen molar-refractivity contribution in [2.45, 2.75) is 37.7 Å². The topological polar surface area (TPSA) is 53.5 Å². The molecule has 2 aromatic heterocycles. The number of nitrogens with zero attached hydrogens (tertiary/aromatic N) is 2. The Morgan fingerprint density at radius 3 is 2.19 bits per heavy atom. The third-order valence-corrected chi connectivity index (χ3v) is 4.17. The Labute approximate surface area is 174 Å². The van der Waals surface area contributed by atoms with Crippen LogP contribution in [0.2, 0.25) is 0 Å². The number of rotatable bonds is 9. The predicted octanol–water partition coefficient (Wildman–Crippen LogP) is 5.80. The van der Waals surface area contributed by atoms with E-state index in [0.29, 0.717) is 18.2 Å². The van der Waals surface area contributed by atoms with Crippen LogP contribution in [0.25, 0.3) is 6.08 Å². The van der Waals surface area contributed by atoms with Crippen molar-refractivity contribution in [3.8, 4) is 11.5 Å². The fourth-order valence-electron chi connectivity index (χ4n) is 2.73. The van der Waals surface area contributed by atoms with Gasteiger partial charge in [0.25, 0.3) is 0 Å². The summed E-state index contributed by atoms with van der Waals surface area (Å²) in [6, 6.07) is 4.69. The molecule has 0 atom stereocenters. The Balaban J connectivity index is 2.58. The largest absolute Gasteiger partial charge is 0.454 e. The second kappa shape index (κ2) is 9.65. The van der Waals surface area contributed by atoms with Crippen molar-refractivity contribution in [1.29, 1.82) is 0 Å². The maximum absolute atomic E-state index is 13.7. The third kappa shape index (κ3) is 5.16. The summed E-state index contributed by atoms with van der Waals surface area (Å²) in [5.74, 6) is 0.231. The van der Waals surface area contributed by atoms with Crippen molar-refractivity contribution in [2.24, 2.45) is 0 Å². The highest BCUT2D eigenvalue weighted by Crippen LogP contribution is 2.52. The molecule has 0 aliphatic rings. The van der Waals surface area contributed by atoms with Crippen LogP contribution >= 0.6 is 0 Å². The molecule has 0 N–H and O–H groups in total. The number of pyridine rings is 2. The quantitative estimate of drug-likeness (QED) is 0.357. The Bertz CT molecular complexity index is 868. The lowest BCUT2D eigenvalue weighted by atomic mass is 9.96. The molecule has 0 fully saturated rings. The van der Waals surface area contributed by atoms with E-state index in [2.05, 4.69) is 26.0 Å². The maximum Gasteiger partial charge on any atom is 0.432 e. The molecule has 2 aromatic rings. The van der Waals surface area contributed by atoms with Gasteiger partial charge in [0.15, 0.2) is 0 Å². The van der Waals surface area contributed by atoms with E-state index in [9.17, 15) is 26.3 Å². The minimum atomic E-state index is -5.85. The lowest BCUT2D eigenvalue weighted by molar-refractivity contribution is -0.401. The number of methoxy groups -OCH3 is 1. The molecule has 0 saturated carbocycles. The molecular formula is C20H20F6N2O3. The van der Waals surface area contributed by atoms with Crippen LogP contribution in [0, 0.1) is 0 Å². The molecule has 0 saturated heterocycles. The number of aromatic nitrogens is 2. The predicted molar refractivity (Wildman–Crippen MR) is 99.4 cm³/mol. The molecule has 0 radical (unpaired) electrons. The van der Waals surface area contributed by atoms with Crippen molar-refractivity contribution >= 4 is 6.08 Å². The first-order valence-corrected chi connectivity index (χ1v) is 9.03. The van der Waals surface area contributed by atoms with Gasteiger partial charge in [-0.2, -0.15) is 26.3 Å². The van der Waals surface area contributed by atoms with E-state index < -0.39 is 30.4 Å². The number of hydrogen-bond donors (Lipinski definition) is 0. The van der Waals surface area contributed by atoms with Gasteiger partial charge in [0.2, 0.25) is 0 Å². The van der Waals surface area contributed by atoms with Gasteiger partial charge in [-0.3, -0.25) is 9.97 Å². The van der Waals surface area contributed by atoms with Gasteiger partial charge in [-0.25, -0.2) is 0 Å². The minimum absolute atomic E-state index is 0.00347. The summed E-state index contributed by atoms with van der Waals surface area (Å²) in [5, 5.41) is 0. The zero-order chi connectivity index (χ0) is 23.3. The minimum Gasteiger partial charge on any atom is -0.454 e. The van der Waals surface area contributed by atoms with Crippen molar-refractivity contribution in [2.75, 3.05) is 13.9 Å². The van der Waals surface area contributed by atoms with Crippen LogP contribution in [-0.4, -0.2) is 36.2 Å².